The summed E-state index contributed by atoms with van der Waals surface area (Å²) >= 11 is 0. The molecule has 2 fully saturated rings. The third-order valence-corrected chi connectivity index (χ3v) is 5.10. The lowest BCUT2D eigenvalue weighted by Crippen LogP contribution is -2.77. The van der Waals surface area contributed by atoms with Crippen molar-refractivity contribution in [2.45, 2.75) is 38.9 Å². The Labute approximate surface area is 121 Å². The maximum Gasteiger partial charge on any atom is 0.0762 e. The number of benzene rings is 1. The van der Waals surface area contributed by atoms with Gasteiger partial charge in [-0.3, -0.25) is 4.90 Å². The Kier molecular flexibility index (Phi) is 3.12. The second-order valence-corrected chi connectivity index (χ2v) is 7.17. The van der Waals surface area contributed by atoms with Crippen molar-refractivity contribution < 1.29 is 0 Å². The van der Waals surface area contributed by atoms with E-state index >= 15 is 0 Å². The SMILES string of the molecule is CC(C)(C)[C@]12CN(Cc3ccccc3)[C@H]1[C@@H](C#N)CN2. The van der Waals surface area contributed by atoms with Crippen molar-refractivity contribution >= 4 is 0 Å². The monoisotopic (exact) mass is 269 g/mol. The first-order valence-corrected chi connectivity index (χ1v) is 7.40. The molecule has 1 N–H and O–H groups in total. The van der Waals surface area contributed by atoms with Gasteiger partial charge < -0.3 is 5.32 Å². The first-order chi connectivity index (χ1) is 9.48. The Balaban J connectivity index is 1.82. The number of hydrogen-bond acceptors (Lipinski definition) is 3. The van der Waals surface area contributed by atoms with Gasteiger partial charge in [0.05, 0.1) is 17.5 Å². The number of nitrogens with one attached hydrogen (secondary N) is 1. The van der Waals surface area contributed by atoms with Crippen LogP contribution in [-0.2, 0) is 6.54 Å². The number of likely N-dealkylation sites (tertiary alicyclic amines) is 1. The van der Waals surface area contributed by atoms with E-state index in [-0.39, 0.29) is 16.9 Å². The highest BCUT2D eigenvalue weighted by atomic mass is 15.4. The number of nitrogens with zero attached hydrogens (tertiary/aromatic N) is 2. The van der Waals surface area contributed by atoms with Gasteiger partial charge in [0.2, 0.25) is 0 Å². The Morgan fingerprint density at radius 1 is 1.35 bits per heavy atom. The summed E-state index contributed by atoms with van der Waals surface area (Å²) in [6.07, 6.45) is 0. The fraction of sp³-hybridized carbons (Fsp3) is 0.588. The molecule has 0 aromatic heterocycles. The third-order valence-electron chi connectivity index (χ3n) is 5.10. The molecule has 2 saturated heterocycles. The maximum atomic E-state index is 9.44. The molecule has 0 amide bonds. The zero-order valence-corrected chi connectivity index (χ0v) is 12.6. The lowest BCUT2D eigenvalue weighted by molar-refractivity contribution is -0.0804. The molecule has 0 aliphatic carbocycles. The molecule has 2 aliphatic rings. The van der Waals surface area contributed by atoms with Gasteiger partial charge in [-0.2, -0.15) is 5.26 Å². The number of hydrogen-bond donors (Lipinski definition) is 1. The molecular formula is C17H23N3. The van der Waals surface area contributed by atoms with E-state index in [1.807, 2.05) is 6.07 Å². The fourth-order valence-electron chi connectivity index (χ4n) is 3.91. The van der Waals surface area contributed by atoms with Crippen LogP contribution in [0.2, 0.25) is 0 Å². The molecule has 3 heteroatoms. The molecule has 3 rings (SSSR count). The lowest BCUT2D eigenvalue weighted by Gasteiger charge is -2.61. The van der Waals surface area contributed by atoms with Crippen LogP contribution in [0.5, 0.6) is 0 Å². The van der Waals surface area contributed by atoms with Crippen LogP contribution in [0.3, 0.4) is 0 Å². The minimum atomic E-state index is 0.0994. The Morgan fingerprint density at radius 3 is 2.65 bits per heavy atom. The van der Waals surface area contributed by atoms with E-state index in [0.717, 1.165) is 19.6 Å². The number of nitriles is 1. The van der Waals surface area contributed by atoms with Crippen molar-refractivity contribution in [3.63, 3.8) is 0 Å². The zero-order valence-electron chi connectivity index (χ0n) is 12.6. The molecule has 3 nitrogen and oxygen atoms in total. The van der Waals surface area contributed by atoms with E-state index in [1.54, 1.807) is 0 Å². The van der Waals surface area contributed by atoms with E-state index < -0.39 is 0 Å². The summed E-state index contributed by atoms with van der Waals surface area (Å²) in [5.41, 5.74) is 1.61. The van der Waals surface area contributed by atoms with Crippen molar-refractivity contribution in [2.75, 3.05) is 13.1 Å². The van der Waals surface area contributed by atoms with Crippen molar-refractivity contribution in [1.82, 2.24) is 10.2 Å². The summed E-state index contributed by atoms with van der Waals surface area (Å²) < 4.78 is 0. The smallest absolute Gasteiger partial charge is 0.0762 e. The summed E-state index contributed by atoms with van der Waals surface area (Å²) in [7, 11) is 0. The lowest BCUT2D eigenvalue weighted by atomic mass is 9.62. The van der Waals surface area contributed by atoms with Gasteiger partial charge in [-0.15, -0.1) is 0 Å². The van der Waals surface area contributed by atoms with E-state index in [1.165, 1.54) is 5.56 Å². The summed E-state index contributed by atoms with van der Waals surface area (Å²) in [5, 5.41) is 13.1. The largest absolute Gasteiger partial charge is 0.307 e. The second-order valence-electron chi connectivity index (χ2n) is 7.17. The van der Waals surface area contributed by atoms with Gasteiger partial charge in [-0.1, -0.05) is 51.1 Å². The predicted molar refractivity (Wildman–Crippen MR) is 79.9 cm³/mol. The van der Waals surface area contributed by atoms with Gasteiger partial charge in [0.15, 0.2) is 0 Å². The van der Waals surface area contributed by atoms with Crippen LogP contribution < -0.4 is 5.32 Å². The van der Waals surface area contributed by atoms with Gasteiger partial charge in [-0.25, -0.2) is 0 Å². The van der Waals surface area contributed by atoms with E-state index in [2.05, 4.69) is 61.3 Å². The molecule has 2 heterocycles. The van der Waals surface area contributed by atoms with E-state index in [4.69, 9.17) is 0 Å². The van der Waals surface area contributed by atoms with Crippen molar-refractivity contribution in [1.29, 1.82) is 5.26 Å². The zero-order chi connectivity index (χ0) is 14.4. The summed E-state index contributed by atoms with van der Waals surface area (Å²) in [5.74, 6) is 0.103. The van der Waals surface area contributed by atoms with Crippen LogP contribution >= 0.6 is 0 Å². The molecule has 1 aromatic rings. The average Bonchev–Trinajstić information content (AvgIpc) is 2.70. The minimum Gasteiger partial charge on any atom is -0.307 e. The quantitative estimate of drug-likeness (QED) is 0.896. The predicted octanol–water partition coefficient (Wildman–Crippen LogP) is 2.40. The molecule has 0 bridgehead atoms. The summed E-state index contributed by atoms with van der Waals surface area (Å²) in [4.78, 5) is 2.47. The number of rotatable bonds is 2. The van der Waals surface area contributed by atoms with E-state index in [0.29, 0.717) is 6.04 Å². The molecule has 2 aliphatic heterocycles. The topological polar surface area (TPSA) is 39.1 Å². The van der Waals surface area contributed by atoms with Crippen molar-refractivity contribution in [3.05, 3.63) is 35.9 Å². The van der Waals surface area contributed by atoms with Gasteiger partial charge in [0.1, 0.15) is 0 Å². The Bertz CT molecular complexity index is 525. The molecule has 0 unspecified atom stereocenters. The number of fused-ring (bicyclic) bond motifs is 1. The summed E-state index contributed by atoms with van der Waals surface area (Å²) in [6, 6.07) is 13.4. The highest BCUT2D eigenvalue weighted by molar-refractivity contribution is 5.27. The average molecular weight is 269 g/mol. The Hall–Kier alpha value is -1.37. The van der Waals surface area contributed by atoms with E-state index in [9.17, 15) is 5.26 Å². The van der Waals surface area contributed by atoms with Crippen LogP contribution in [0, 0.1) is 22.7 Å². The highest BCUT2D eigenvalue weighted by Crippen LogP contribution is 2.49. The van der Waals surface area contributed by atoms with Crippen LogP contribution in [0.15, 0.2) is 30.3 Å². The Morgan fingerprint density at radius 2 is 2.05 bits per heavy atom. The molecule has 20 heavy (non-hydrogen) atoms. The second kappa shape index (κ2) is 4.58. The summed E-state index contributed by atoms with van der Waals surface area (Å²) in [6.45, 7) is 9.66. The first-order valence-electron chi connectivity index (χ1n) is 7.40. The molecule has 106 valence electrons. The standard InChI is InChI=1S/C17H23N3/c1-16(2,3)17-12-20(11-13-7-5-4-6-8-13)15(17)14(9-18)10-19-17/h4-8,14-15,19H,10-12H2,1-3H3/t14-,15-,17-/m0/s1. The molecular weight excluding hydrogens is 246 g/mol. The van der Waals surface area contributed by atoms with Gasteiger partial charge >= 0.3 is 0 Å². The molecule has 3 atom stereocenters. The van der Waals surface area contributed by atoms with Crippen LogP contribution in [-0.4, -0.2) is 29.6 Å². The van der Waals surface area contributed by atoms with Crippen LogP contribution in [0.25, 0.3) is 0 Å². The van der Waals surface area contributed by atoms with Crippen LogP contribution in [0.4, 0.5) is 0 Å². The third kappa shape index (κ3) is 1.87. The van der Waals surface area contributed by atoms with Gasteiger partial charge in [0.25, 0.3) is 0 Å². The highest BCUT2D eigenvalue weighted by Gasteiger charge is 2.64. The molecule has 0 spiro atoms. The van der Waals surface area contributed by atoms with Gasteiger partial charge in [-0.05, 0) is 11.0 Å². The fourth-order valence-corrected chi connectivity index (χ4v) is 3.91. The van der Waals surface area contributed by atoms with Crippen LogP contribution in [0.1, 0.15) is 26.3 Å². The van der Waals surface area contributed by atoms with Crippen molar-refractivity contribution in [2.24, 2.45) is 11.3 Å². The maximum absolute atomic E-state index is 9.44. The van der Waals surface area contributed by atoms with Crippen molar-refractivity contribution in [3.8, 4) is 6.07 Å². The molecule has 1 aromatic carbocycles. The molecule has 0 radical (unpaired) electrons. The van der Waals surface area contributed by atoms with Gasteiger partial charge in [0, 0.05) is 25.7 Å². The minimum absolute atomic E-state index is 0.0994. The molecule has 0 saturated carbocycles. The normalized spacial score (nSPS) is 33.3. The first kappa shape index (κ1) is 13.6.